The molecule has 0 aliphatic carbocycles. The van der Waals surface area contributed by atoms with Crippen molar-refractivity contribution >= 4 is 5.91 Å². The van der Waals surface area contributed by atoms with E-state index >= 15 is 0 Å². The fraction of sp³-hybridized carbons (Fsp3) is 0.726. The van der Waals surface area contributed by atoms with Crippen LogP contribution in [0.25, 0.3) is 0 Å². The van der Waals surface area contributed by atoms with Gasteiger partial charge in [-0.15, -0.1) is 0 Å². The van der Waals surface area contributed by atoms with Crippen LogP contribution in [0.5, 0.6) is 0 Å². The summed E-state index contributed by atoms with van der Waals surface area (Å²) in [7, 11) is 0. The van der Waals surface area contributed by atoms with Crippen molar-refractivity contribution in [2.75, 3.05) is 19.8 Å². The van der Waals surface area contributed by atoms with Crippen molar-refractivity contribution in [2.24, 2.45) is 0 Å². The molecular weight excluding hydrogens is 1230 g/mol. The number of unbranched alkanes of at least 4 members (excludes halogenated alkanes) is 31. The molecule has 562 valence electrons. The number of hydrogen-bond acceptors (Lipinski definition) is 13. The maximum absolute atomic E-state index is 13.4. The van der Waals surface area contributed by atoms with E-state index in [9.17, 15) is 45.6 Å². The van der Waals surface area contributed by atoms with Gasteiger partial charge in [0.1, 0.15) is 48.8 Å². The maximum atomic E-state index is 13.4. The quantitative estimate of drug-likeness (QED) is 0.0204. The van der Waals surface area contributed by atoms with Gasteiger partial charge in [0.25, 0.3) is 0 Å². The van der Waals surface area contributed by atoms with Crippen LogP contribution in [-0.4, -0.2) is 140 Å². The van der Waals surface area contributed by atoms with Gasteiger partial charge >= 0.3 is 0 Å². The lowest BCUT2D eigenvalue weighted by molar-refractivity contribution is -0.359. The number of hydrogen-bond donors (Lipinski definition) is 9. The average molecular weight is 1380 g/mol. The lowest BCUT2D eigenvalue weighted by Crippen LogP contribution is -2.65. The highest BCUT2D eigenvalue weighted by Gasteiger charge is 2.51. The van der Waals surface area contributed by atoms with E-state index in [2.05, 4.69) is 141 Å². The predicted octanol–water partition coefficient (Wildman–Crippen LogP) is 17.8. The van der Waals surface area contributed by atoms with Crippen LogP contribution in [0.15, 0.2) is 134 Å². The summed E-state index contributed by atoms with van der Waals surface area (Å²) in [6, 6.07) is -0.927. The second kappa shape index (κ2) is 66.4. The molecule has 2 fully saturated rings. The molecule has 98 heavy (non-hydrogen) atoms. The lowest BCUT2D eigenvalue weighted by Gasteiger charge is -2.46. The Kier molecular flexibility index (Phi) is 61.1. The number of amides is 1. The van der Waals surface area contributed by atoms with Gasteiger partial charge in [0.05, 0.1) is 32.0 Å². The van der Waals surface area contributed by atoms with Gasteiger partial charge in [-0.2, -0.15) is 0 Å². The molecule has 2 saturated heterocycles. The molecule has 2 heterocycles. The van der Waals surface area contributed by atoms with Crippen molar-refractivity contribution in [1.29, 1.82) is 0 Å². The first-order chi connectivity index (χ1) is 48.1. The van der Waals surface area contributed by atoms with E-state index in [1.807, 2.05) is 6.08 Å². The molecule has 9 N–H and O–H groups in total. The highest BCUT2D eigenvalue weighted by atomic mass is 16.7. The standard InChI is InChI=1S/C84H143NO13/c1-3-5-7-9-11-13-15-17-19-21-23-25-27-28-29-30-31-32-33-34-35-36-37-38-39-40-41-42-43-44-46-48-50-52-54-56-58-60-62-64-66-68-76(89)85-72(71-95-83-81(94)79(92)82(75(70-87)97-83)98-84-80(93)78(91)77(90)74(69-86)96-84)73(88)67-65-63-61-59-57-55-53-51-49-47-45-26-24-22-20-18-16-14-12-10-8-6-4-2/h5,7,11,13,17,19,23,25,28-29,31-32,34-35,37-38,40-41,43-44,65,67,72-75,77-84,86-88,90-94H,3-4,6,8-10,12,14-16,18,20-22,24,26-27,30,33,36,39,42,45-64,66,68-71H2,1-2H3,(H,85,89)/b7-5-,13-11-,19-17-,25-23-,29-28-,32-31-,35-34-,38-37-,41-40-,44-43-,67-65+. The highest BCUT2D eigenvalue weighted by molar-refractivity contribution is 5.76. The number of ether oxygens (including phenoxy) is 4. The van der Waals surface area contributed by atoms with E-state index in [0.717, 1.165) is 109 Å². The summed E-state index contributed by atoms with van der Waals surface area (Å²) in [5.74, 6) is -0.246. The Hall–Kier alpha value is -3.87. The van der Waals surface area contributed by atoms with Crippen molar-refractivity contribution in [3.8, 4) is 0 Å². The van der Waals surface area contributed by atoms with Crippen LogP contribution < -0.4 is 5.32 Å². The Morgan fingerprint density at radius 2 is 0.704 bits per heavy atom. The summed E-state index contributed by atoms with van der Waals surface area (Å²) >= 11 is 0. The number of carbonyl (C=O) groups is 1. The SMILES string of the molecule is CC/C=C\C/C=C\C/C=C\C/C=C\C/C=C\C/C=C\C/C=C\C/C=C\C/C=C\C/C=C\CCCCCCCCCCCCC(=O)NC(COC1OC(CO)C(OC2OC(CO)C(O)C(O)C2O)C(O)C1O)C(O)/C=C/CCCCCCCCCCCCCCCCCCCCCCC. The molecule has 0 spiro atoms. The first kappa shape index (κ1) is 90.2. The fourth-order valence-electron chi connectivity index (χ4n) is 12.1. The zero-order chi connectivity index (χ0) is 70.8. The zero-order valence-electron chi connectivity index (χ0n) is 61.5. The maximum Gasteiger partial charge on any atom is 0.220 e. The second-order valence-electron chi connectivity index (χ2n) is 27.1. The van der Waals surface area contributed by atoms with Gasteiger partial charge < -0.3 is 65.1 Å². The lowest BCUT2D eigenvalue weighted by atomic mass is 9.97. The van der Waals surface area contributed by atoms with Gasteiger partial charge in [-0.25, -0.2) is 0 Å². The van der Waals surface area contributed by atoms with Crippen molar-refractivity contribution in [1.82, 2.24) is 5.32 Å². The molecule has 0 aromatic carbocycles. The van der Waals surface area contributed by atoms with Crippen LogP contribution in [0.4, 0.5) is 0 Å². The normalized spacial score (nSPS) is 22.8. The highest BCUT2D eigenvalue weighted by Crippen LogP contribution is 2.30. The molecule has 14 nitrogen and oxygen atoms in total. The molecule has 1 amide bonds. The molecule has 0 radical (unpaired) electrons. The van der Waals surface area contributed by atoms with Gasteiger partial charge in [-0.3, -0.25) is 4.79 Å². The van der Waals surface area contributed by atoms with Gasteiger partial charge in [0.15, 0.2) is 12.6 Å². The number of aliphatic hydroxyl groups is 8. The summed E-state index contributed by atoms with van der Waals surface area (Å²) in [6.45, 7) is 2.71. The second-order valence-corrected chi connectivity index (χ2v) is 27.1. The summed E-state index contributed by atoms with van der Waals surface area (Å²) in [4.78, 5) is 13.4. The van der Waals surface area contributed by atoms with Crippen LogP contribution in [0, 0.1) is 0 Å². The van der Waals surface area contributed by atoms with Gasteiger partial charge in [-0.05, 0) is 96.3 Å². The van der Waals surface area contributed by atoms with E-state index < -0.39 is 86.8 Å². The van der Waals surface area contributed by atoms with E-state index in [1.54, 1.807) is 6.08 Å². The summed E-state index contributed by atoms with van der Waals surface area (Å²) in [6.07, 6.45) is 82.2. The third kappa shape index (κ3) is 48.9. The number of allylic oxidation sites excluding steroid dienone is 21. The van der Waals surface area contributed by atoms with Crippen molar-refractivity contribution in [3.63, 3.8) is 0 Å². The largest absolute Gasteiger partial charge is 0.394 e. The molecule has 0 saturated carbocycles. The summed E-state index contributed by atoms with van der Waals surface area (Å²) in [5, 5.41) is 87.6. The first-order valence-corrected chi connectivity index (χ1v) is 39.4. The first-order valence-electron chi connectivity index (χ1n) is 39.4. The molecular formula is C84H143NO13. The van der Waals surface area contributed by atoms with Crippen LogP contribution in [0.1, 0.15) is 296 Å². The van der Waals surface area contributed by atoms with Crippen LogP contribution in [0.3, 0.4) is 0 Å². The molecule has 2 aliphatic rings. The Balaban J connectivity index is 1.62. The molecule has 0 aromatic rings. The number of nitrogens with one attached hydrogen (secondary N) is 1. The number of rotatable bonds is 64. The Morgan fingerprint density at radius 3 is 1.08 bits per heavy atom. The van der Waals surface area contributed by atoms with Crippen LogP contribution >= 0.6 is 0 Å². The van der Waals surface area contributed by atoms with Gasteiger partial charge in [-0.1, -0.05) is 327 Å². The van der Waals surface area contributed by atoms with Crippen molar-refractivity contribution in [3.05, 3.63) is 134 Å². The minimum absolute atomic E-state index is 0.246. The predicted molar refractivity (Wildman–Crippen MR) is 405 cm³/mol. The molecule has 2 rings (SSSR count). The molecule has 14 heteroatoms. The third-order valence-electron chi connectivity index (χ3n) is 18.3. The molecule has 0 bridgehead atoms. The molecule has 12 unspecified atom stereocenters. The third-order valence-corrected chi connectivity index (χ3v) is 18.3. The van der Waals surface area contributed by atoms with E-state index in [1.165, 1.54) is 161 Å². The minimum atomic E-state index is -1.79. The monoisotopic (exact) mass is 1370 g/mol. The summed E-state index contributed by atoms with van der Waals surface area (Å²) < 4.78 is 22.9. The van der Waals surface area contributed by atoms with Gasteiger partial charge in [0.2, 0.25) is 5.91 Å². The smallest absolute Gasteiger partial charge is 0.220 e. The zero-order valence-corrected chi connectivity index (χ0v) is 61.5. The van der Waals surface area contributed by atoms with Crippen molar-refractivity contribution in [2.45, 2.75) is 370 Å². The van der Waals surface area contributed by atoms with Crippen LogP contribution in [-0.2, 0) is 23.7 Å². The Labute approximate surface area is 596 Å². The Morgan fingerprint density at radius 1 is 0.378 bits per heavy atom. The van der Waals surface area contributed by atoms with E-state index in [4.69, 9.17) is 18.9 Å². The topological polar surface area (TPSA) is 228 Å². The average Bonchev–Trinajstić information content (AvgIpc) is 0.793. The fourth-order valence-corrected chi connectivity index (χ4v) is 12.1. The molecule has 12 atom stereocenters. The minimum Gasteiger partial charge on any atom is -0.394 e. The van der Waals surface area contributed by atoms with Crippen molar-refractivity contribution < 1.29 is 64.6 Å². The van der Waals surface area contributed by atoms with Gasteiger partial charge in [0, 0.05) is 6.42 Å². The van der Waals surface area contributed by atoms with E-state index in [-0.39, 0.29) is 18.9 Å². The molecule has 0 aromatic heterocycles. The number of aliphatic hydroxyl groups excluding tert-OH is 8. The number of carbonyl (C=O) groups excluding carboxylic acids is 1. The molecule has 2 aliphatic heterocycles. The van der Waals surface area contributed by atoms with Crippen LogP contribution in [0.2, 0.25) is 0 Å². The Bertz CT molecular complexity index is 2160. The van der Waals surface area contributed by atoms with E-state index in [0.29, 0.717) is 6.42 Å². The summed E-state index contributed by atoms with van der Waals surface area (Å²) in [5.41, 5.74) is 0.